The van der Waals surface area contributed by atoms with Gasteiger partial charge >= 0.3 is 0 Å². The molecule has 129 heavy (non-hydrogen) atoms. The number of nitrogens with zero attached hydrogens (tertiary/aromatic N) is 12. The van der Waals surface area contributed by atoms with Crippen molar-refractivity contribution >= 4 is 160 Å². The highest BCUT2D eigenvalue weighted by Gasteiger charge is 2.36. The maximum Gasteiger partial charge on any atom is 0.238 e. The average molecular weight is 1710 g/mol. The van der Waals surface area contributed by atoms with Crippen molar-refractivity contribution in [2.24, 2.45) is 0 Å². The van der Waals surface area contributed by atoms with Crippen molar-refractivity contribution in [3.63, 3.8) is 0 Å². The second-order valence-electron chi connectivity index (χ2n) is 33.0. The van der Waals surface area contributed by atoms with E-state index in [4.69, 9.17) is 44.9 Å². The highest BCUT2D eigenvalue weighted by atomic mass is 32.1. The number of thiophene rings is 3. The van der Waals surface area contributed by atoms with Crippen molar-refractivity contribution in [2.75, 3.05) is 0 Å². The third kappa shape index (κ3) is 12.6. The van der Waals surface area contributed by atoms with E-state index in [2.05, 4.69) is 313 Å². The lowest BCUT2D eigenvalue weighted by Crippen LogP contribution is -2.15. The molecule has 27 rings (SSSR count). The van der Waals surface area contributed by atoms with Crippen LogP contribution in [0.3, 0.4) is 0 Å². The van der Waals surface area contributed by atoms with Crippen LogP contribution < -0.4 is 0 Å². The molecule has 0 bridgehead atoms. The van der Waals surface area contributed by atoms with Crippen LogP contribution >= 0.6 is 34.0 Å². The van der Waals surface area contributed by atoms with Crippen LogP contribution in [0.1, 0.15) is 25.0 Å². The number of aromatic nitrogens is 12. The molecular weight excluding hydrogens is 1630 g/mol. The Morgan fingerprint density at radius 3 is 0.822 bits per heavy atom. The minimum absolute atomic E-state index is 0.123. The lowest BCUT2D eigenvalue weighted by Gasteiger charge is -2.21. The van der Waals surface area contributed by atoms with Gasteiger partial charge in [0.15, 0.2) is 34.9 Å². The first-order chi connectivity index (χ1) is 63.7. The summed E-state index contributed by atoms with van der Waals surface area (Å²) in [4.78, 5) is 45.7. The Balaban J connectivity index is 0.000000105. The van der Waals surface area contributed by atoms with E-state index in [0.29, 0.717) is 52.8 Å². The third-order valence-electron chi connectivity index (χ3n) is 25.2. The molecule has 0 N–H and O–H groups in total. The Morgan fingerprint density at radius 1 is 0.194 bits per heavy atom. The predicted octanol–water partition coefficient (Wildman–Crippen LogP) is 30.0. The van der Waals surface area contributed by atoms with E-state index < -0.39 is 0 Å². The van der Waals surface area contributed by atoms with Gasteiger partial charge in [-0.2, -0.15) is 29.9 Å². The van der Waals surface area contributed by atoms with Crippen LogP contribution in [0.4, 0.5) is 0 Å². The molecule has 17 aromatic carbocycles. The number of benzene rings is 17. The predicted molar refractivity (Wildman–Crippen MR) is 537 cm³/mol. The maximum atomic E-state index is 5.26. The van der Waals surface area contributed by atoms with Crippen LogP contribution in [0.15, 0.2) is 400 Å². The molecule has 0 spiro atoms. The van der Waals surface area contributed by atoms with Crippen molar-refractivity contribution in [1.82, 2.24) is 58.6 Å². The molecule has 0 unspecified atom stereocenters. The second kappa shape index (κ2) is 30.6. The zero-order valence-electron chi connectivity index (χ0n) is 69.7. The van der Waals surface area contributed by atoms with Gasteiger partial charge in [-0.3, -0.25) is 13.7 Å². The highest BCUT2D eigenvalue weighted by Crippen LogP contribution is 2.52. The summed E-state index contributed by atoms with van der Waals surface area (Å²) in [5, 5.41) is 15.0. The van der Waals surface area contributed by atoms with Gasteiger partial charge in [0.25, 0.3) is 0 Å². The molecule has 0 aliphatic heterocycles. The topological polar surface area (TPSA) is 131 Å². The molecule has 9 heterocycles. The molecule has 1 aliphatic rings. The fraction of sp³-hybridized carbons (Fsp3) is 0.0263. The second-order valence-corrected chi connectivity index (χ2v) is 36.2. The monoisotopic (exact) mass is 1700 g/mol. The lowest BCUT2D eigenvalue weighted by molar-refractivity contribution is 0.660. The molecule has 1 aliphatic carbocycles. The number of hydrogen-bond donors (Lipinski definition) is 0. The highest BCUT2D eigenvalue weighted by molar-refractivity contribution is 7.27. The van der Waals surface area contributed by atoms with Crippen molar-refractivity contribution in [3.8, 4) is 108 Å². The quantitative estimate of drug-likeness (QED) is 0.131. The summed E-state index contributed by atoms with van der Waals surface area (Å²) in [5.74, 6) is 5.75. The first kappa shape index (κ1) is 75.4. The Labute approximate surface area is 752 Å². The minimum atomic E-state index is -0.123. The van der Waals surface area contributed by atoms with E-state index in [-0.39, 0.29) is 5.41 Å². The summed E-state index contributed by atoms with van der Waals surface area (Å²) in [5.41, 5.74) is 19.7. The van der Waals surface area contributed by atoms with Crippen molar-refractivity contribution < 1.29 is 0 Å². The molecule has 9 aromatic heterocycles. The Kier molecular flexibility index (Phi) is 17.9. The van der Waals surface area contributed by atoms with Crippen molar-refractivity contribution in [2.45, 2.75) is 19.3 Å². The largest absolute Gasteiger partial charge is 0.278 e. The smallest absolute Gasteiger partial charge is 0.238 e. The standard InChI is InChI=1S/C42H28N4S.C39H24N4S.C33H20N4S/c1-42(2)32-17-9-6-14-27(32)28-21-20-26(24-33(28)42)40-43-39(25-12-4-3-5-13-25)44-41(45-40)46-34-18-10-7-16-31(34)37-35(46)23-22-30-29-15-8-11-19-36(29)47-38(30)37;1-3-11-25(12-4-1)26-19-21-28(22-20-26)38-40-37(27-13-5-2-6-14-27)41-39(42-38)43-32-17-9-7-16-31(32)35-33(43)24-23-30-29-15-8-10-18-34(29)44-36(30)35;1-3-11-21(12-4-1)31-34-32(22-13-5-2-6-14-22)36-33(35-31)37-26-17-9-7-16-25(26)29-27(37)20-19-24-23-15-8-10-18-28(23)38-30(24)29/h3-24H,1-2H3;1-24H;1-20H. The molecule has 0 atom stereocenters. The van der Waals surface area contributed by atoms with Gasteiger partial charge in [0.05, 0.1) is 33.1 Å². The van der Waals surface area contributed by atoms with Gasteiger partial charge in [-0.25, -0.2) is 15.0 Å². The Bertz CT molecular complexity index is 8910. The molecular formula is C114H72N12S3. The van der Waals surface area contributed by atoms with Crippen LogP contribution in [0, 0.1) is 0 Å². The van der Waals surface area contributed by atoms with Gasteiger partial charge < -0.3 is 0 Å². The number of hydrogen-bond acceptors (Lipinski definition) is 12. The first-order valence-corrected chi connectivity index (χ1v) is 45.6. The van der Waals surface area contributed by atoms with E-state index in [1.165, 1.54) is 121 Å². The SMILES string of the molecule is CC1(C)c2ccccc2-c2ccc(-c3nc(-c4ccccc4)nc(-n4c5ccccc5c5c6sc7ccccc7c6ccc54)n3)cc21.c1ccc(-c2ccc(-c3nc(-c4ccccc4)nc(-n4c5ccccc5c5c6sc7ccccc7c6ccc54)n3)cc2)cc1.c1ccc(-c2nc(-c3ccccc3)nc(-n3c4ccccc4c4c5sc6ccccc6c5ccc43)n2)cc1. The van der Waals surface area contributed by atoms with E-state index in [1.54, 1.807) is 0 Å². The normalized spacial score (nSPS) is 12.3. The molecule has 12 nitrogen and oxygen atoms in total. The van der Waals surface area contributed by atoms with Crippen molar-refractivity contribution in [3.05, 3.63) is 412 Å². The molecule has 26 aromatic rings. The fourth-order valence-electron chi connectivity index (χ4n) is 19.2. The average Bonchev–Trinajstić information content (AvgIpc) is 1.57. The molecule has 15 heteroatoms. The zero-order chi connectivity index (χ0) is 85.4. The summed E-state index contributed by atoms with van der Waals surface area (Å²) in [6.07, 6.45) is 0. The number of rotatable bonds is 10. The van der Waals surface area contributed by atoms with E-state index in [9.17, 15) is 0 Å². The minimum Gasteiger partial charge on any atom is -0.278 e. The van der Waals surface area contributed by atoms with Crippen LogP contribution in [-0.4, -0.2) is 58.6 Å². The summed E-state index contributed by atoms with van der Waals surface area (Å²) >= 11 is 5.55. The zero-order valence-corrected chi connectivity index (χ0v) is 72.1. The molecule has 0 saturated carbocycles. The van der Waals surface area contributed by atoms with Crippen molar-refractivity contribution in [1.29, 1.82) is 0 Å². The molecule has 0 saturated heterocycles. The number of para-hydroxylation sites is 3. The molecule has 606 valence electrons. The molecule has 0 radical (unpaired) electrons. The Hall–Kier alpha value is -16.2. The third-order valence-corrected chi connectivity index (χ3v) is 28.8. The van der Waals surface area contributed by atoms with Gasteiger partial charge in [0.1, 0.15) is 0 Å². The summed E-state index contributed by atoms with van der Waals surface area (Å²) < 4.78 is 14.4. The van der Waals surface area contributed by atoms with Crippen LogP contribution in [0.5, 0.6) is 0 Å². The summed E-state index contributed by atoms with van der Waals surface area (Å²) in [6.45, 7) is 4.62. The van der Waals surface area contributed by atoms with E-state index in [1.807, 2.05) is 149 Å². The van der Waals surface area contributed by atoms with Crippen LogP contribution in [0.2, 0.25) is 0 Å². The maximum absolute atomic E-state index is 5.26. The lowest BCUT2D eigenvalue weighted by atomic mass is 9.82. The first-order valence-electron chi connectivity index (χ1n) is 43.1. The van der Waals surface area contributed by atoms with Gasteiger partial charge in [-0.05, 0) is 94.0 Å². The van der Waals surface area contributed by atoms with Gasteiger partial charge in [0, 0.05) is 132 Å². The molecule has 0 fully saturated rings. The summed E-state index contributed by atoms with van der Waals surface area (Å²) in [6, 6.07) is 140. The number of fused-ring (bicyclic) bond motifs is 24. The van der Waals surface area contributed by atoms with Gasteiger partial charge in [-0.15, -0.1) is 34.0 Å². The van der Waals surface area contributed by atoms with Gasteiger partial charge in [0.2, 0.25) is 17.8 Å². The van der Waals surface area contributed by atoms with Gasteiger partial charge in [-0.1, -0.05) is 354 Å². The molecule has 0 amide bonds. The fourth-order valence-corrected chi connectivity index (χ4v) is 22.9. The van der Waals surface area contributed by atoms with Crippen LogP contribution in [-0.2, 0) is 5.41 Å². The van der Waals surface area contributed by atoms with Crippen LogP contribution in [0.25, 0.3) is 234 Å². The Morgan fingerprint density at radius 2 is 0.457 bits per heavy atom. The van der Waals surface area contributed by atoms with E-state index in [0.717, 1.165) is 72.0 Å². The summed E-state index contributed by atoms with van der Waals surface area (Å²) in [7, 11) is 0. The van der Waals surface area contributed by atoms with E-state index >= 15 is 0 Å².